The zero-order chi connectivity index (χ0) is 95.3. The number of hydrogen-bond acceptors (Lipinski definition) is 39. The molecule has 0 spiro atoms. The van der Waals surface area contributed by atoms with Crippen LogP contribution in [0.2, 0.25) is 0 Å². The molecule has 6 N–H and O–H groups in total. The Morgan fingerprint density at radius 3 is 1.10 bits per heavy atom. The number of Topliss-reactive ketones (excluding diaryl/α,β-unsaturated/α-hetero) is 1. The normalized spacial score (nSPS) is 24.3. The number of allylic oxidation sites excluding steroid dienone is 1. The van der Waals surface area contributed by atoms with Gasteiger partial charge < -0.3 is 126 Å². The van der Waals surface area contributed by atoms with Crippen LogP contribution in [0.25, 0.3) is 0 Å². The lowest BCUT2D eigenvalue weighted by atomic mass is 9.82. The highest BCUT2D eigenvalue weighted by Crippen LogP contribution is 2.49. The Morgan fingerprint density at radius 2 is 0.781 bits per heavy atom. The second-order valence-corrected chi connectivity index (χ2v) is 32.3. The second kappa shape index (κ2) is 59.2. The fraction of sp³-hybridized carbons (Fsp3) is 0.768. The minimum Gasteiger partial charge on any atom is -0.463 e. The van der Waals surface area contributed by atoms with Crippen LogP contribution in [0.4, 0.5) is 0 Å². The van der Waals surface area contributed by atoms with E-state index in [2.05, 4.69) is 49.2 Å². The molecule has 3 heterocycles. The summed E-state index contributed by atoms with van der Waals surface area (Å²) in [7, 11) is -1.52. The highest BCUT2D eigenvalue weighted by Gasteiger charge is 2.55. The van der Waals surface area contributed by atoms with Crippen LogP contribution in [0, 0.1) is 17.2 Å². The summed E-state index contributed by atoms with van der Waals surface area (Å²) in [5.74, 6) is -11.5. The molecule has 4 rings (SSSR count). The molecular formula is C82H130N9O36P. The van der Waals surface area contributed by atoms with Gasteiger partial charge in [-0.2, -0.15) is 5.26 Å². The maximum absolute atomic E-state index is 14.9. The van der Waals surface area contributed by atoms with Crippen molar-refractivity contribution in [3.63, 3.8) is 0 Å². The van der Waals surface area contributed by atoms with Crippen LogP contribution in [0.3, 0.4) is 0 Å². The van der Waals surface area contributed by atoms with Crippen LogP contribution in [0.15, 0.2) is 12.2 Å². The molecule has 1 aliphatic carbocycles. The van der Waals surface area contributed by atoms with Crippen molar-refractivity contribution in [2.24, 2.45) is 5.92 Å². The van der Waals surface area contributed by atoms with Crippen molar-refractivity contribution < 1.29 is 171 Å². The molecule has 3 saturated heterocycles. The van der Waals surface area contributed by atoms with Gasteiger partial charge in [0, 0.05) is 121 Å². The molecule has 17 atom stereocenters. The molecule has 0 aromatic carbocycles. The number of ketones is 1. The third-order valence-corrected chi connectivity index (χ3v) is 21.5. The topological polar surface area (TPSA) is 560 Å². The van der Waals surface area contributed by atoms with E-state index >= 15 is 0 Å². The molecule has 3 aliphatic heterocycles. The number of carbonyl (C=O) groups is 16. The van der Waals surface area contributed by atoms with Gasteiger partial charge in [-0.25, -0.2) is 4.67 Å². The number of nitrogens with zero attached hydrogens (tertiary/aromatic N) is 3. The molecule has 4 aliphatic rings. The third kappa shape index (κ3) is 41.7. The van der Waals surface area contributed by atoms with Gasteiger partial charge in [-0.1, -0.05) is 13.0 Å². The molecule has 45 nitrogen and oxygen atoms in total. The fourth-order valence-electron chi connectivity index (χ4n) is 14.3. The van der Waals surface area contributed by atoms with Gasteiger partial charge in [0.1, 0.15) is 56.3 Å². The van der Waals surface area contributed by atoms with Gasteiger partial charge >= 0.3 is 53.7 Å². The summed E-state index contributed by atoms with van der Waals surface area (Å²) < 4.78 is 117. The van der Waals surface area contributed by atoms with Crippen LogP contribution in [0.1, 0.15) is 169 Å². The standard InChI is InChI=1S/C82H130N9O36P/c1-46(2)91(47(3)4)128(117-31-20-27-83)127-62-25-23-61(24-26-62)72(106)48(5)21-18-19-22-63(79(107)86-30-34-110-37-40-113-82-71(89-51(8)94)78(123-60(17)103)75(120-57(14)100)66(126-82)45-116-54(11)97)90(41-67(104)84-28-32-108-35-38-111-80-69(87-49(6)92)76(121-58(15)101)73(118-55(12)98)64(124-80)43-114-52(9)95)42-68(105)85-29-33-109-36-39-112-81-70(88-50(7)93)77(122-59(16)102)74(119-56(13)99)65(125-81)44-115-53(10)96/h46-47,61-66,69-71,73-78,80-82H,5,18-26,28-45H2,1-4,6-17H3,(H,84,104)(H,85,105)(H,86,107)(H,87,92)(H,88,93)(H,89,94). The number of carbonyl (C=O) groups excluding carboxylic acids is 16. The van der Waals surface area contributed by atoms with Crippen LogP contribution < -0.4 is 31.9 Å². The first-order valence-corrected chi connectivity index (χ1v) is 43.6. The number of rotatable bonds is 57. The fourth-order valence-corrected chi connectivity index (χ4v) is 16.1. The minimum absolute atomic E-state index is 0.0174. The van der Waals surface area contributed by atoms with Gasteiger partial charge in [0.25, 0.3) is 8.53 Å². The van der Waals surface area contributed by atoms with Crippen molar-refractivity contribution in [1.29, 1.82) is 5.26 Å². The maximum Gasteiger partial charge on any atom is 0.303 e. The predicted molar refractivity (Wildman–Crippen MR) is 441 cm³/mol. The SMILES string of the molecule is C=C(CCCCC(C(=O)NCCOCCOC1OC(COC(C)=O)C(OC(C)=O)C(OC(C)=O)C1NC(C)=O)N(CC(=O)NCCOCCOC1OC(COC(C)=O)C(OC(C)=O)C(OC(C)=O)C1NC(C)=O)CC(=O)NCCOCCOC1OC(COC(C)=O)C(OC(C)=O)C(OC(C)=O)C1NC(C)=O)C(=O)C1CCC(OP(OCCC#N)N(C(C)C)C(C)C)CC1. The molecule has 724 valence electrons. The van der Waals surface area contributed by atoms with Crippen molar-refractivity contribution in [3.05, 3.63) is 12.2 Å². The van der Waals surface area contributed by atoms with Crippen LogP contribution in [0.5, 0.6) is 0 Å². The molecule has 17 unspecified atom stereocenters. The summed E-state index contributed by atoms with van der Waals surface area (Å²) in [6.45, 7) is 20.9. The molecule has 0 radical (unpaired) electrons. The summed E-state index contributed by atoms with van der Waals surface area (Å²) in [5.41, 5.74) is 0.354. The maximum atomic E-state index is 14.9. The van der Waals surface area contributed by atoms with Crippen molar-refractivity contribution in [2.75, 3.05) is 119 Å². The zero-order valence-electron chi connectivity index (χ0n) is 75.8. The number of amides is 6. The van der Waals surface area contributed by atoms with Crippen molar-refractivity contribution in [2.45, 2.75) is 285 Å². The highest BCUT2D eigenvalue weighted by atomic mass is 31.2. The Hall–Kier alpha value is -9.14. The average molecular weight is 1850 g/mol. The van der Waals surface area contributed by atoms with E-state index < -0.39 is 229 Å². The number of nitrogens with one attached hydrogen (secondary N) is 6. The van der Waals surface area contributed by atoms with Gasteiger partial charge in [0.2, 0.25) is 35.4 Å². The van der Waals surface area contributed by atoms with Crippen molar-refractivity contribution in [3.8, 4) is 6.07 Å². The first-order chi connectivity index (χ1) is 60.6. The number of nitriles is 1. The van der Waals surface area contributed by atoms with Crippen LogP contribution >= 0.6 is 8.53 Å². The van der Waals surface area contributed by atoms with Gasteiger partial charge in [-0.3, -0.25) is 81.6 Å². The van der Waals surface area contributed by atoms with Gasteiger partial charge in [0.15, 0.2) is 61.3 Å². The number of esters is 9. The molecule has 0 bridgehead atoms. The van der Waals surface area contributed by atoms with Crippen LogP contribution in [-0.4, -0.2) is 339 Å². The quantitative estimate of drug-likeness (QED) is 0.0160. The minimum atomic E-state index is -1.52. The zero-order valence-corrected chi connectivity index (χ0v) is 76.7. The summed E-state index contributed by atoms with van der Waals surface area (Å²) in [4.78, 5) is 207. The summed E-state index contributed by atoms with van der Waals surface area (Å²) in [6.07, 6.45) is -13.5. The molecule has 4 fully saturated rings. The van der Waals surface area contributed by atoms with Gasteiger partial charge in [-0.05, 0) is 78.2 Å². The first kappa shape index (κ1) is 111. The number of hydrogen-bond donors (Lipinski definition) is 6. The van der Waals surface area contributed by atoms with E-state index in [-0.39, 0.29) is 141 Å². The number of ether oxygens (including phenoxy) is 18. The number of unbranched alkanes of at least 4 members (excludes halogenated alkanes) is 1. The first-order valence-electron chi connectivity index (χ1n) is 42.4. The Morgan fingerprint density at radius 1 is 0.438 bits per heavy atom. The summed E-state index contributed by atoms with van der Waals surface area (Å²) in [5, 5.41) is 25.4. The molecule has 0 aromatic heterocycles. The second-order valence-electron chi connectivity index (χ2n) is 30.9. The lowest BCUT2D eigenvalue weighted by Crippen LogP contribution is -2.66. The van der Waals surface area contributed by atoms with E-state index in [1.807, 2.05) is 27.7 Å². The Labute approximate surface area is 745 Å². The van der Waals surface area contributed by atoms with E-state index in [0.29, 0.717) is 37.7 Å². The molecular weight excluding hydrogens is 1720 g/mol. The van der Waals surface area contributed by atoms with Crippen LogP contribution in [-0.2, 0) is 171 Å². The smallest absolute Gasteiger partial charge is 0.303 e. The summed E-state index contributed by atoms with van der Waals surface area (Å²) >= 11 is 0. The van der Waals surface area contributed by atoms with Crippen molar-refractivity contribution in [1.82, 2.24) is 41.5 Å². The largest absolute Gasteiger partial charge is 0.463 e. The van der Waals surface area contributed by atoms with Gasteiger partial charge in [0.05, 0.1) is 104 Å². The van der Waals surface area contributed by atoms with E-state index in [1.165, 1.54) is 25.7 Å². The van der Waals surface area contributed by atoms with E-state index in [0.717, 1.165) is 62.3 Å². The van der Waals surface area contributed by atoms with E-state index in [1.54, 1.807) is 0 Å². The Bertz CT molecular complexity index is 3550. The summed E-state index contributed by atoms with van der Waals surface area (Å²) in [6, 6.07) is -2.85. The molecule has 1 saturated carbocycles. The lowest BCUT2D eigenvalue weighted by molar-refractivity contribution is -0.279. The monoisotopic (exact) mass is 1850 g/mol. The average Bonchev–Trinajstić information content (AvgIpc) is 0.793. The Kier molecular flexibility index (Phi) is 51.4. The third-order valence-electron chi connectivity index (χ3n) is 19.4. The van der Waals surface area contributed by atoms with Crippen molar-refractivity contribution >= 4 is 103 Å². The molecule has 6 amide bonds. The highest BCUT2D eigenvalue weighted by molar-refractivity contribution is 7.44. The van der Waals surface area contributed by atoms with Gasteiger partial charge in [-0.15, -0.1) is 0 Å². The Balaban J connectivity index is 1.61. The lowest BCUT2D eigenvalue weighted by Gasteiger charge is -2.44. The van der Waals surface area contributed by atoms with E-state index in [9.17, 15) is 82.0 Å². The predicted octanol–water partition coefficient (Wildman–Crippen LogP) is 0.611. The molecule has 46 heteroatoms. The molecule has 128 heavy (non-hydrogen) atoms. The van der Waals surface area contributed by atoms with E-state index in [4.69, 9.17) is 94.3 Å². The molecule has 0 aromatic rings.